The maximum Gasteiger partial charge on any atom is 0.125 e. The van der Waals surface area contributed by atoms with Crippen LogP contribution in [0.25, 0.3) is 0 Å². The molecule has 0 aromatic heterocycles. The van der Waals surface area contributed by atoms with Gasteiger partial charge in [-0.2, -0.15) is 0 Å². The number of aliphatic hydroxyl groups is 1. The lowest BCUT2D eigenvalue weighted by Crippen LogP contribution is -2.33. The Balaban J connectivity index is 2.01. The van der Waals surface area contributed by atoms with E-state index in [2.05, 4.69) is 23.3 Å². The second kappa shape index (κ2) is 8.31. The molecule has 5 nitrogen and oxygen atoms in total. The number of nitrogens with one attached hydrogen (secondary N) is 1. The number of aliphatic imine (C=N–C) groups is 1. The predicted octanol–water partition coefficient (Wildman–Crippen LogP) is 1.85. The van der Waals surface area contributed by atoms with Gasteiger partial charge in [0.15, 0.2) is 0 Å². The zero-order valence-electron chi connectivity index (χ0n) is 14.4. The number of nitrogens with two attached hydrogens (primary N) is 1. The number of rotatable bonds is 7. The van der Waals surface area contributed by atoms with Crippen LogP contribution in [0.1, 0.15) is 44.2 Å². The lowest BCUT2D eigenvalue weighted by molar-refractivity contribution is 0.0357. The zero-order chi connectivity index (χ0) is 16.8. The minimum Gasteiger partial charge on any atom is -0.487 e. The van der Waals surface area contributed by atoms with Gasteiger partial charge in [0.1, 0.15) is 17.7 Å². The van der Waals surface area contributed by atoms with Gasteiger partial charge in [-0.15, -0.1) is 0 Å². The lowest BCUT2D eigenvalue weighted by Gasteiger charge is -2.28. The average Bonchev–Trinajstić information content (AvgIpc) is 2.57. The molecule has 0 aliphatic carbocycles. The Morgan fingerprint density at radius 2 is 2.30 bits per heavy atom. The molecule has 5 heteroatoms. The monoisotopic (exact) mass is 319 g/mol. The number of nitrogens with zero attached hydrogens (tertiary/aromatic N) is 1. The molecular weight excluding hydrogens is 290 g/mol. The number of hydrogen-bond acceptors (Lipinski definition) is 4. The van der Waals surface area contributed by atoms with Crippen molar-refractivity contribution in [3.8, 4) is 5.75 Å². The summed E-state index contributed by atoms with van der Waals surface area (Å²) in [4.78, 5) is 4.50. The van der Waals surface area contributed by atoms with Crippen LogP contribution in [0, 0.1) is 0 Å². The fraction of sp³-hybridized carbons (Fsp3) is 0.611. The van der Waals surface area contributed by atoms with Crippen molar-refractivity contribution in [3.63, 3.8) is 0 Å². The Bertz CT molecular complexity index is 539. The highest BCUT2D eigenvalue weighted by Crippen LogP contribution is 2.29. The summed E-state index contributed by atoms with van der Waals surface area (Å²) in [5.74, 6) is 1.43. The zero-order valence-corrected chi connectivity index (χ0v) is 14.4. The van der Waals surface area contributed by atoms with Crippen molar-refractivity contribution < 1.29 is 9.84 Å². The third-order valence-electron chi connectivity index (χ3n) is 4.53. The van der Waals surface area contributed by atoms with Crippen molar-refractivity contribution in [1.82, 2.24) is 5.32 Å². The molecule has 0 spiro atoms. The molecule has 2 rings (SSSR count). The molecule has 0 saturated heterocycles. The number of aryl methyl sites for hydroxylation is 1. The van der Waals surface area contributed by atoms with E-state index in [4.69, 9.17) is 10.5 Å². The van der Waals surface area contributed by atoms with E-state index < -0.39 is 6.10 Å². The smallest absolute Gasteiger partial charge is 0.125 e. The van der Waals surface area contributed by atoms with Gasteiger partial charge in [0.2, 0.25) is 0 Å². The fourth-order valence-corrected chi connectivity index (χ4v) is 2.89. The van der Waals surface area contributed by atoms with Gasteiger partial charge >= 0.3 is 0 Å². The summed E-state index contributed by atoms with van der Waals surface area (Å²) in [5, 5.41) is 12.9. The van der Waals surface area contributed by atoms with E-state index in [1.165, 1.54) is 0 Å². The third-order valence-corrected chi connectivity index (χ3v) is 4.53. The topological polar surface area (TPSA) is 79.9 Å². The Morgan fingerprint density at radius 1 is 1.52 bits per heavy atom. The predicted molar refractivity (Wildman–Crippen MR) is 94.2 cm³/mol. The third kappa shape index (κ3) is 4.69. The van der Waals surface area contributed by atoms with Gasteiger partial charge in [-0.05, 0) is 63.4 Å². The number of amidine groups is 1. The molecule has 23 heavy (non-hydrogen) atoms. The molecule has 1 aliphatic heterocycles. The molecule has 0 saturated carbocycles. The summed E-state index contributed by atoms with van der Waals surface area (Å²) < 4.78 is 5.83. The summed E-state index contributed by atoms with van der Waals surface area (Å²) >= 11 is 0. The van der Waals surface area contributed by atoms with Crippen LogP contribution in [0.3, 0.4) is 0 Å². The maximum absolute atomic E-state index is 9.66. The molecule has 1 aliphatic rings. The Labute approximate surface area is 138 Å². The highest BCUT2D eigenvalue weighted by molar-refractivity contribution is 5.97. The van der Waals surface area contributed by atoms with Gasteiger partial charge in [0, 0.05) is 18.2 Å². The van der Waals surface area contributed by atoms with E-state index in [1.54, 1.807) is 6.92 Å². The molecular formula is C18H29N3O2. The molecule has 1 aromatic rings. The van der Waals surface area contributed by atoms with Crippen molar-refractivity contribution in [1.29, 1.82) is 0 Å². The molecule has 0 radical (unpaired) electrons. The van der Waals surface area contributed by atoms with E-state index in [9.17, 15) is 5.11 Å². The maximum atomic E-state index is 9.66. The highest BCUT2D eigenvalue weighted by Gasteiger charge is 2.23. The van der Waals surface area contributed by atoms with Crippen LogP contribution in [-0.4, -0.2) is 42.8 Å². The summed E-state index contributed by atoms with van der Waals surface area (Å²) in [7, 11) is 1.98. The van der Waals surface area contributed by atoms with Gasteiger partial charge in [0.05, 0.1) is 6.10 Å². The molecule has 0 fully saturated rings. The SMILES string of the molecule is CCC(CCN=C(N)c1ccc2c(c1)CCC(C(C)O)O2)NC. The van der Waals surface area contributed by atoms with Gasteiger partial charge < -0.3 is 20.9 Å². The van der Waals surface area contributed by atoms with E-state index >= 15 is 0 Å². The normalized spacial score (nSPS) is 20.5. The van der Waals surface area contributed by atoms with Crippen LogP contribution in [0.4, 0.5) is 0 Å². The Kier molecular flexibility index (Phi) is 6.42. The van der Waals surface area contributed by atoms with Gasteiger partial charge in [-0.3, -0.25) is 4.99 Å². The van der Waals surface area contributed by atoms with Crippen molar-refractivity contribution in [2.75, 3.05) is 13.6 Å². The lowest BCUT2D eigenvalue weighted by atomic mass is 9.98. The summed E-state index contributed by atoms with van der Waals surface area (Å²) in [6.45, 7) is 4.66. The first-order valence-corrected chi connectivity index (χ1v) is 8.50. The first kappa shape index (κ1) is 17.8. The molecule has 4 N–H and O–H groups in total. The Morgan fingerprint density at radius 3 is 2.96 bits per heavy atom. The van der Waals surface area contributed by atoms with Crippen LogP contribution in [0.15, 0.2) is 23.2 Å². The number of ether oxygens (including phenoxy) is 1. The van der Waals surface area contributed by atoms with Crippen LogP contribution < -0.4 is 15.8 Å². The highest BCUT2D eigenvalue weighted by atomic mass is 16.5. The summed E-state index contributed by atoms with van der Waals surface area (Å²) in [6.07, 6.45) is 3.22. The molecule has 1 heterocycles. The van der Waals surface area contributed by atoms with Gasteiger partial charge in [0.25, 0.3) is 0 Å². The largest absolute Gasteiger partial charge is 0.487 e. The van der Waals surface area contributed by atoms with Crippen LogP contribution in [0.2, 0.25) is 0 Å². The average molecular weight is 319 g/mol. The Hall–Kier alpha value is -1.59. The van der Waals surface area contributed by atoms with Gasteiger partial charge in [-0.25, -0.2) is 0 Å². The molecule has 1 aromatic carbocycles. The van der Waals surface area contributed by atoms with Crippen molar-refractivity contribution in [3.05, 3.63) is 29.3 Å². The first-order valence-electron chi connectivity index (χ1n) is 8.50. The van der Waals surface area contributed by atoms with Crippen LogP contribution in [-0.2, 0) is 6.42 Å². The number of hydrogen-bond donors (Lipinski definition) is 3. The first-order chi connectivity index (χ1) is 11.0. The van der Waals surface area contributed by atoms with Crippen molar-refractivity contribution in [2.45, 2.75) is 57.8 Å². The van der Waals surface area contributed by atoms with Crippen LogP contribution in [0.5, 0.6) is 5.75 Å². The fourth-order valence-electron chi connectivity index (χ4n) is 2.89. The standard InChI is InChI=1S/C18H29N3O2/c1-4-15(20-3)9-10-21-18(19)14-6-8-17-13(11-14)5-7-16(23-17)12(2)22/h6,8,11-12,15-16,20,22H,4-5,7,9-10H2,1-3H3,(H2,19,21). The van der Waals surface area contributed by atoms with E-state index in [0.717, 1.165) is 49.1 Å². The molecule has 0 bridgehead atoms. The van der Waals surface area contributed by atoms with Crippen LogP contribution >= 0.6 is 0 Å². The molecule has 3 atom stereocenters. The number of fused-ring (bicyclic) bond motifs is 1. The van der Waals surface area contributed by atoms with Crippen molar-refractivity contribution in [2.24, 2.45) is 10.7 Å². The van der Waals surface area contributed by atoms with E-state index in [-0.39, 0.29) is 6.10 Å². The second-order valence-corrected chi connectivity index (χ2v) is 6.21. The van der Waals surface area contributed by atoms with Gasteiger partial charge in [-0.1, -0.05) is 6.92 Å². The quantitative estimate of drug-likeness (QED) is 0.529. The minimum absolute atomic E-state index is 0.119. The molecule has 3 unspecified atom stereocenters. The summed E-state index contributed by atoms with van der Waals surface area (Å²) in [6, 6.07) is 6.42. The summed E-state index contributed by atoms with van der Waals surface area (Å²) in [5.41, 5.74) is 8.20. The van der Waals surface area contributed by atoms with Crippen molar-refractivity contribution >= 4 is 5.84 Å². The van der Waals surface area contributed by atoms with E-state index in [1.807, 2.05) is 19.2 Å². The minimum atomic E-state index is -0.451. The second-order valence-electron chi connectivity index (χ2n) is 6.21. The van der Waals surface area contributed by atoms with E-state index in [0.29, 0.717) is 11.9 Å². The number of benzene rings is 1. The molecule has 0 amide bonds. The molecule has 128 valence electrons. The number of aliphatic hydroxyl groups excluding tert-OH is 1.